The third-order valence-corrected chi connectivity index (χ3v) is 7.99. The molecular formula is C29H38N6O. The summed E-state index contributed by atoms with van der Waals surface area (Å²) in [4.78, 5) is 13.7. The second-order valence-corrected chi connectivity index (χ2v) is 10.8. The lowest BCUT2D eigenvalue weighted by atomic mass is 9.69. The summed E-state index contributed by atoms with van der Waals surface area (Å²) in [6.45, 7) is 14.4. The summed E-state index contributed by atoms with van der Waals surface area (Å²) in [5.74, 6) is 4.65. The van der Waals surface area contributed by atoms with Gasteiger partial charge < -0.3 is 9.32 Å². The van der Waals surface area contributed by atoms with Crippen LogP contribution in [0.1, 0.15) is 38.6 Å². The first kappa shape index (κ1) is 24.6. The van der Waals surface area contributed by atoms with E-state index in [-0.39, 0.29) is 0 Å². The van der Waals surface area contributed by atoms with Gasteiger partial charge in [0.05, 0.1) is 6.20 Å². The number of aryl methyl sites for hydroxylation is 1. The van der Waals surface area contributed by atoms with E-state index >= 15 is 0 Å². The van der Waals surface area contributed by atoms with Crippen LogP contribution in [0.3, 0.4) is 0 Å². The monoisotopic (exact) mass is 486 g/mol. The molecular weight excluding hydrogens is 448 g/mol. The number of anilines is 1. The van der Waals surface area contributed by atoms with Crippen LogP contribution in [-0.4, -0.2) is 57.8 Å². The average molecular weight is 487 g/mol. The van der Waals surface area contributed by atoms with Crippen LogP contribution in [0.2, 0.25) is 0 Å². The van der Waals surface area contributed by atoms with E-state index in [0.717, 1.165) is 56.4 Å². The Hall–Kier alpha value is -3.06. The lowest BCUT2D eigenvalue weighted by molar-refractivity contribution is 0.155. The van der Waals surface area contributed by atoms with E-state index in [0.29, 0.717) is 29.6 Å². The second-order valence-electron chi connectivity index (χ2n) is 10.8. The number of nitrogens with zero attached hydrogens (tertiary/aromatic N) is 6. The molecule has 3 atom stereocenters. The number of hydrogen-bond donors (Lipinski definition) is 0. The van der Waals surface area contributed by atoms with E-state index in [4.69, 9.17) is 4.42 Å². The van der Waals surface area contributed by atoms with Gasteiger partial charge in [0.1, 0.15) is 5.82 Å². The highest BCUT2D eigenvalue weighted by Crippen LogP contribution is 2.39. The Morgan fingerprint density at radius 3 is 2.47 bits per heavy atom. The molecule has 0 N–H and O–H groups in total. The maximum Gasteiger partial charge on any atom is 0.247 e. The highest BCUT2D eigenvalue weighted by atomic mass is 16.4. The second kappa shape index (κ2) is 10.9. The molecule has 2 aliphatic rings. The first-order valence-corrected chi connectivity index (χ1v) is 13.3. The van der Waals surface area contributed by atoms with E-state index in [1.54, 1.807) is 12.4 Å². The summed E-state index contributed by atoms with van der Waals surface area (Å²) in [6, 6.07) is 8.25. The smallest absolute Gasteiger partial charge is 0.247 e. The van der Waals surface area contributed by atoms with E-state index in [1.165, 1.54) is 17.6 Å². The maximum atomic E-state index is 6.08. The van der Waals surface area contributed by atoms with Crippen molar-refractivity contribution in [2.45, 2.75) is 40.5 Å². The molecule has 0 amide bonds. The van der Waals surface area contributed by atoms with Gasteiger partial charge in [0.2, 0.25) is 11.8 Å². The van der Waals surface area contributed by atoms with E-state index in [1.807, 2.05) is 18.3 Å². The molecule has 3 aromatic rings. The lowest BCUT2D eigenvalue weighted by Gasteiger charge is -2.41. The van der Waals surface area contributed by atoms with E-state index in [9.17, 15) is 0 Å². The average Bonchev–Trinajstić information content (AvgIpc) is 3.35. The Morgan fingerprint density at radius 2 is 1.78 bits per heavy atom. The normalized spacial score (nSPS) is 23.2. The van der Waals surface area contributed by atoms with Crippen molar-refractivity contribution in [2.24, 2.45) is 23.7 Å². The molecule has 36 heavy (non-hydrogen) atoms. The minimum Gasteiger partial charge on any atom is -0.421 e. The van der Waals surface area contributed by atoms with Crippen LogP contribution in [0.15, 0.2) is 58.9 Å². The zero-order valence-electron chi connectivity index (χ0n) is 22.0. The van der Waals surface area contributed by atoms with Crippen molar-refractivity contribution in [1.29, 1.82) is 0 Å². The summed E-state index contributed by atoms with van der Waals surface area (Å²) >= 11 is 0. The van der Waals surface area contributed by atoms with Gasteiger partial charge in [-0.2, -0.15) is 0 Å². The summed E-state index contributed by atoms with van der Waals surface area (Å²) < 4.78 is 6.08. The maximum absolute atomic E-state index is 6.08. The third kappa shape index (κ3) is 5.67. The number of rotatable bonds is 7. The Labute approximate surface area is 214 Å². The highest BCUT2D eigenvalue weighted by molar-refractivity contribution is 5.52. The van der Waals surface area contributed by atoms with Crippen LogP contribution in [0.4, 0.5) is 5.82 Å². The van der Waals surface area contributed by atoms with Crippen LogP contribution in [0, 0.1) is 30.6 Å². The van der Waals surface area contributed by atoms with Gasteiger partial charge in [-0.25, -0.2) is 4.98 Å². The predicted molar refractivity (Wildman–Crippen MR) is 143 cm³/mol. The number of piperazine rings is 1. The molecule has 5 rings (SSSR count). The number of allylic oxidation sites excluding steroid dienone is 1. The Kier molecular flexibility index (Phi) is 7.46. The van der Waals surface area contributed by atoms with Crippen LogP contribution in [-0.2, 0) is 6.42 Å². The standard InChI is InChI=1S/C29H38N6O/c1-20(2)26-16-24(17-28-32-33-29(36-28)23-7-5-21(3)6-8-23)22(4)15-25(26)19-34-11-13-35(14-12-34)27-18-30-9-10-31-27/h5-10,15,18,20,24-26H,11-14,16-17,19H2,1-4H3/t24-,25-,26-/m0/s1. The number of hydrogen-bond acceptors (Lipinski definition) is 7. The fourth-order valence-electron chi connectivity index (χ4n) is 5.76. The van der Waals surface area contributed by atoms with Crippen molar-refractivity contribution < 1.29 is 4.42 Å². The number of aromatic nitrogens is 4. The van der Waals surface area contributed by atoms with Gasteiger partial charge in [0, 0.05) is 57.1 Å². The Morgan fingerprint density at radius 1 is 1.00 bits per heavy atom. The van der Waals surface area contributed by atoms with Gasteiger partial charge in [0.25, 0.3) is 0 Å². The van der Waals surface area contributed by atoms with Crippen molar-refractivity contribution in [3.05, 3.63) is 66.0 Å². The summed E-state index contributed by atoms with van der Waals surface area (Å²) in [5, 5.41) is 8.72. The topological polar surface area (TPSA) is 71.2 Å². The van der Waals surface area contributed by atoms with Crippen LogP contribution in [0.5, 0.6) is 0 Å². The van der Waals surface area contributed by atoms with Crippen LogP contribution < -0.4 is 4.90 Å². The van der Waals surface area contributed by atoms with E-state index < -0.39 is 0 Å². The predicted octanol–water partition coefficient (Wildman–Crippen LogP) is 5.05. The fourth-order valence-corrected chi connectivity index (χ4v) is 5.76. The Bertz CT molecular complexity index is 1150. The molecule has 0 unspecified atom stereocenters. The minimum atomic E-state index is 0.452. The zero-order chi connectivity index (χ0) is 25.1. The third-order valence-electron chi connectivity index (χ3n) is 7.99. The molecule has 1 aliphatic heterocycles. The minimum absolute atomic E-state index is 0.452. The van der Waals surface area contributed by atoms with Crippen molar-refractivity contribution in [1.82, 2.24) is 25.1 Å². The van der Waals surface area contributed by atoms with E-state index in [2.05, 4.69) is 75.9 Å². The summed E-state index contributed by atoms with van der Waals surface area (Å²) in [6.07, 6.45) is 9.91. The first-order chi connectivity index (χ1) is 17.5. The molecule has 7 heteroatoms. The molecule has 1 saturated heterocycles. The first-order valence-electron chi connectivity index (χ1n) is 13.3. The fraction of sp³-hybridized carbons (Fsp3) is 0.517. The van der Waals surface area contributed by atoms with Crippen LogP contribution >= 0.6 is 0 Å². The van der Waals surface area contributed by atoms with Gasteiger partial charge in [-0.1, -0.05) is 43.2 Å². The molecule has 0 bridgehead atoms. The molecule has 0 saturated carbocycles. The van der Waals surface area contributed by atoms with Gasteiger partial charge in [-0.15, -0.1) is 10.2 Å². The molecule has 1 aromatic carbocycles. The molecule has 7 nitrogen and oxygen atoms in total. The lowest BCUT2D eigenvalue weighted by Crippen LogP contribution is -2.49. The summed E-state index contributed by atoms with van der Waals surface area (Å²) in [7, 11) is 0. The molecule has 1 aliphatic carbocycles. The molecule has 0 spiro atoms. The van der Waals surface area contributed by atoms with Gasteiger partial charge >= 0.3 is 0 Å². The largest absolute Gasteiger partial charge is 0.421 e. The molecule has 2 aromatic heterocycles. The van der Waals surface area contributed by atoms with Crippen molar-refractivity contribution >= 4 is 5.82 Å². The highest BCUT2D eigenvalue weighted by Gasteiger charge is 2.34. The molecule has 1 fully saturated rings. The van der Waals surface area contributed by atoms with Gasteiger partial charge in [-0.3, -0.25) is 9.88 Å². The summed E-state index contributed by atoms with van der Waals surface area (Å²) in [5.41, 5.74) is 3.67. The van der Waals surface area contributed by atoms with Crippen molar-refractivity contribution in [2.75, 3.05) is 37.6 Å². The molecule has 0 radical (unpaired) electrons. The Balaban J connectivity index is 1.22. The molecule has 190 valence electrons. The molecule has 3 heterocycles. The van der Waals surface area contributed by atoms with Gasteiger partial charge in [-0.05, 0) is 56.1 Å². The van der Waals surface area contributed by atoms with Crippen molar-refractivity contribution in [3.63, 3.8) is 0 Å². The quantitative estimate of drug-likeness (QED) is 0.433. The van der Waals surface area contributed by atoms with Crippen molar-refractivity contribution in [3.8, 4) is 11.5 Å². The number of benzene rings is 1. The van der Waals surface area contributed by atoms with Gasteiger partial charge in [0.15, 0.2) is 0 Å². The zero-order valence-corrected chi connectivity index (χ0v) is 22.0. The SMILES string of the molecule is CC1=C[C@@H](CN2CCN(c3cnccn3)CC2)[C@H](C(C)C)C[C@H]1Cc1nnc(-c2ccc(C)cc2)o1. The van der Waals surface area contributed by atoms with Crippen LogP contribution in [0.25, 0.3) is 11.5 Å².